The van der Waals surface area contributed by atoms with E-state index in [2.05, 4.69) is 37.9 Å². The van der Waals surface area contributed by atoms with Crippen molar-refractivity contribution in [3.63, 3.8) is 0 Å². The summed E-state index contributed by atoms with van der Waals surface area (Å²) in [4.78, 5) is 2.55. The molecule has 1 aliphatic heterocycles. The van der Waals surface area contributed by atoms with Crippen LogP contribution in [0.2, 0.25) is 0 Å². The molecule has 1 saturated heterocycles. The van der Waals surface area contributed by atoms with Gasteiger partial charge in [-0.25, -0.2) is 0 Å². The third kappa shape index (κ3) is 4.43. The molecule has 0 saturated carbocycles. The molecule has 0 aromatic carbocycles. The van der Waals surface area contributed by atoms with Crippen LogP contribution in [0.1, 0.15) is 34.1 Å². The Bertz CT molecular complexity index is 160. The number of nitrogens with zero attached hydrogens (tertiary/aromatic N) is 1. The summed E-state index contributed by atoms with van der Waals surface area (Å²) in [5, 5.41) is 3.59. The normalized spacial score (nSPS) is 24.4. The van der Waals surface area contributed by atoms with Gasteiger partial charge in [-0.15, -0.1) is 0 Å². The van der Waals surface area contributed by atoms with Gasteiger partial charge in [-0.3, -0.25) is 0 Å². The highest BCUT2D eigenvalue weighted by atomic mass is 15.1. The highest BCUT2D eigenvalue weighted by Crippen LogP contribution is 2.15. The third-order valence-electron chi connectivity index (χ3n) is 2.91. The van der Waals surface area contributed by atoms with E-state index in [1.54, 1.807) is 0 Å². The molecule has 0 aromatic rings. The maximum atomic E-state index is 3.59. The van der Waals surface area contributed by atoms with Crippen LogP contribution < -0.4 is 5.32 Å². The van der Waals surface area contributed by atoms with E-state index in [0.29, 0.717) is 5.41 Å². The van der Waals surface area contributed by atoms with Crippen LogP contribution in [0.4, 0.5) is 0 Å². The Hall–Kier alpha value is -0.0800. The maximum Gasteiger partial charge on any atom is 0.00222 e. The second-order valence-corrected chi connectivity index (χ2v) is 5.74. The Morgan fingerprint density at radius 1 is 1.36 bits per heavy atom. The molecule has 2 nitrogen and oxygen atoms in total. The summed E-state index contributed by atoms with van der Waals surface area (Å²) in [5.74, 6) is 0.886. The summed E-state index contributed by atoms with van der Waals surface area (Å²) in [7, 11) is 0. The zero-order valence-corrected chi connectivity index (χ0v) is 10.3. The molecule has 1 N–H and O–H groups in total. The second-order valence-electron chi connectivity index (χ2n) is 5.74. The molecule has 1 aliphatic rings. The molecule has 0 amide bonds. The minimum Gasteiger partial charge on any atom is -0.316 e. The quantitative estimate of drug-likeness (QED) is 0.743. The molecule has 1 unspecified atom stereocenters. The van der Waals surface area contributed by atoms with E-state index < -0.39 is 0 Å². The SMILES string of the molecule is CCN1CCC(CNCC(C)(C)C)C1. The monoisotopic (exact) mass is 198 g/mol. The average molecular weight is 198 g/mol. The lowest BCUT2D eigenvalue weighted by Crippen LogP contribution is -2.32. The molecule has 1 heterocycles. The number of hydrogen-bond donors (Lipinski definition) is 1. The summed E-state index contributed by atoms with van der Waals surface area (Å²) in [6.45, 7) is 15.3. The van der Waals surface area contributed by atoms with Crippen LogP contribution >= 0.6 is 0 Å². The highest BCUT2D eigenvalue weighted by molar-refractivity contribution is 4.77. The number of rotatable bonds is 4. The molecule has 0 aliphatic carbocycles. The lowest BCUT2D eigenvalue weighted by Gasteiger charge is -2.20. The molecule has 0 spiro atoms. The first-order chi connectivity index (χ1) is 6.51. The topological polar surface area (TPSA) is 15.3 Å². The number of hydrogen-bond acceptors (Lipinski definition) is 2. The van der Waals surface area contributed by atoms with E-state index in [4.69, 9.17) is 0 Å². The molecule has 1 fully saturated rings. The van der Waals surface area contributed by atoms with Crippen molar-refractivity contribution in [2.24, 2.45) is 11.3 Å². The van der Waals surface area contributed by atoms with Crippen LogP contribution in [0.25, 0.3) is 0 Å². The molecule has 1 atom stereocenters. The number of nitrogens with one attached hydrogen (secondary N) is 1. The summed E-state index contributed by atoms with van der Waals surface area (Å²) in [6.07, 6.45) is 1.38. The molecule has 14 heavy (non-hydrogen) atoms. The fourth-order valence-corrected chi connectivity index (χ4v) is 2.02. The van der Waals surface area contributed by atoms with E-state index in [1.807, 2.05) is 0 Å². The summed E-state index contributed by atoms with van der Waals surface area (Å²) in [5.41, 5.74) is 0.420. The van der Waals surface area contributed by atoms with Gasteiger partial charge in [-0.05, 0) is 43.9 Å². The molecule has 84 valence electrons. The maximum absolute atomic E-state index is 3.59. The van der Waals surface area contributed by atoms with Crippen LogP contribution in [0, 0.1) is 11.3 Å². The van der Waals surface area contributed by atoms with Crippen LogP contribution in [0.15, 0.2) is 0 Å². The predicted molar refractivity (Wildman–Crippen MR) is 62.5 cm³/mol. The Labute approximate surface area is 89.1 Å². The highest BCUT2D eigenvalue weighted by Gasteiger charge is 2.21. The van der Waals surface area contributed by atoms with Crippen molar-refractivity contribution in [2.75, 3.05) is 32.7 Å². The molecule has 0 bridgehead atoms. The first kappa shape index (κ1) is 12.0. The van der Waals surface area contributed by atoms with Gasteiger partial charge in [-0.2, -0.15) is 0 Å². The van der Waals surface area contributed by atoms with Gasteiger partial charge >= 0.3 is 0 Å². The van der Waals surface area contributed by atoms with Gasteiger partial charge in [0.2, 0.25) is 0 Å². The minimum atomic E-state index is 0.420. The van der Waals surface area contributed by atoms with Crippen molar-refractivity contribution in [1.82, 2.24) is 10.2 Å². The summed E-state index contributed by atoms with van der Waals surface area (Å²) in [6, 6.07) is 0. The fourth-order valence-electron chi connectivity index (χ4n) is 2.02. The molecule has 0 aromatic heterocycles. The van der Waals surface area contributed by atoms with Gasteiger partial charge < -0.3 is 10.2 Å². The van der Waals surface area contributed by atoms with E-state index in [-0.39, 0.29) is 0 Å². The van der Waals surface area contributed by atoms with E-state index >= 15 is 0 Å². The molecule has 1 rings (SSSR count). The van der Waals surface area contributed by atoms with Crippen LogP contribution in [0.3, 0.4) is 0 Å². The molecular weight excluding hydrogens is 172 g/mol. The Kier molecular flexibility index (Phi) is 4.39. The lowest BCUT2D eigenvalue weighted by molar-refractivity contribution is 0.326. The van der Waals surface area contributed by atoms with Crippen molar-refractivity contribution in [2.45, 2.75) is 34.1 Å². The average Bonchev–Trinajstić information content (AvgIpc) is 2.50. The largest absolute Gasteiger partial charge is 0.316 e. The van der Waals surface area contributed by atoms with E-state index in [0.717, 1.165) is 12.5 Å². The van der Waals surface area contributed by atoms with Gasteiger partial charge in [-0.1, -0.05) is 27.7 Å². The van der Waals surface area contributed by atoms with Crippen molar-refractivity contribution in [3.8, 4) is 0 Å². The molecule has 0 radical (unpaired) electrons. The van der Waals surface area contributed by atoms with Gasteiger partial charge in [0, 0.05) is 6.54 Å². The van der Waals surface area contributed by atoms with Crippen molar-refractivity contribution >= 4 is 0 Å². The van der Waals surface area contributed by atoms with Crippen molar-refractivity contribution in [3.05, 3.63) is 0 Å². The van der Waals surface area contributed by atoms with Gasteiger partial charge in [0.25, 0.3) is 0 Å². The Morgan fingerprint density at radius 2 is 2.07 bits per heavy atom. The van der Waals surface area contributed by atoms with Gasteiger partial charge in [0.1, 0.15) is 0 Å². The lowest BCUT2D eigenvalue weighted by atomic mass is 9.96. The Morgan fingerprint density at radius 3 is 2.57 bits per heavy atom. The smallest absolute Gasteiger partial charge is 0.00222 e. The van der Waals surface area contributed by atoms with E-state index in [1.165, 1.54) is 32.6 Å². The Balaban J connectivity index is 2.09. The second kappa shape index (κ2) is 5.13. The van der Waals surface area contributed by atoms with Crippen molar-refractivity contribution in [1.29, 1.82) is 0 Å². The van der Waals surface area contributed by atoms with Crippen LogP contribution in [0.5, 0.6) is 0 Å². The summed E-state index contributed by atoms with van der Waals surface area (Å²) < 4.78 is 0. The summed E-state index contributed by atoms with van der Waals surface area (Å²) >= 11 is 0. The van der Waals surface area contributed by atoms with Gasteiger partial charge in [0.15, 0.2) is 0 Å². The zero-order valence-electron chi connectivity index (χ0n) is 10.3. The van der Waals surface area contributed by atoms with Crippen molar-refractivity contribution < 1.29 is 0 Å². The van der Waals surface area contributed by atoms with Crippen LogP contribution in [-0.4, -0.2) is 37.6 Å². The third-order valence-corrected chi connectivity index (χ3v) is 2.91. The zero-order chi connectivity index (χ0) is 10.6. The minimum absolute atomic E-state index is 0.420. The van der Waals surface area contributed by atoms with Gasteiger partial charge in [0.05, 0.1) is 0 Å². The van der Waals surface area contributed by atoms with E-state index in [9.17, 15) is 0 Å². The standard InChI is InChI=1S/C12H26N2/c1-5-14-7-6-11(9-14)8-13-10-12(2,3)4/h11,13H,5-10H2,1-4H3. The molecule has 2 heteroatoms. The van der Waals surface area contributed by atoms with Crippen LogP contribution in [-0.2, 0) is 0 Å². The fraction of sp³-hybridized carbons (Fsp3) is 1.00. The first-order valence-electron chi connectivity index (χ1n) is 5.94. The first-order valence-corrected chi connectivity index (χ1v) is 5.94. The molecular formula is C12H26N2. The predicted octanol–water partition coefficient (Wildman–Crippen LogP) is 1.96. The number of likely N-dealkylation sites (tertiary alicyclic amines) is 1.